The molecule has 38 heavy (non-hydrogen) atoms. The van der Waals surface area contributed by atoms with Crippen LogP contribution in [0.1, 0.15) is 43.0 Å². The van der Waals surface area contributed by atoms with E-state index in [1.807, 2.05) is 6.07 Å². The minimum absolute atomic E-state index is 0.0209. The van der Waals surface area contributed by atoms with Crippen LogP contribution in [0.2, 0.25) is 0 Å². The van der Waals surface area contributed by atoms with Gasteiger partial charge < -0.3 is 10.2 Å². The summed E-state index contributed by atoms with van der Waals surface area (Å²) in [6.45, 7) is 2.02. The largest absolute Gasteiger partial charge is 0.349 e. The van der Waals surface area contributed by atoms with Crippen molar-refractivity contribution in [2.75, 3.05) is 0 Å². The molecule has 0 aliphatic heterocycles. The van der Waals surface area contributed by atoms with Crippen molar-refractivity contribution in [3.8, 4) is 0 Å². The number of amides is 2. The number of carbonyl (C=O) groups excluding carboxylic acids is 2. The molecule has 8 nitrogen and oxygen atoms in total. The summed E-state index contributed by atoms with van der Waals surface area (Å²) in [5.41, 5.74) is 2.20. The smallest absolute Gasteiger partial charge is 0.242 e. The molecule has 1 aliphatic carbocycles. The van der Waals surface area contributed by atoms with Gasteiger partial charge in [-0.15, -0.1) is 0 Å². The summed E-state index contributed by atoms with van der Waals surface area (Å²) in [4.78, 5) is 32.1. The molecule has 0 bridgehead atoms. The third kappa shape index (κ3) is 7.69. The first kappa shape index (κ1) is 27.4. The Labute approximate surface area is 222 Å². The van der Waals surface area contributed by atoms with Gasteiger partial charge in [-0.2, -0.15) is 0 Å². The highest BCUT2D eigenvalue weighted by atomic mass is 32.2. The molecule has 1 aromatic heterocycles. The van der Waals surface area contributed by atoms with Crippen LogP contribution in [0.25, 0.3) is 0 Å². The molecule has 0 radical (unpaired) electrons. The number of nitrogens with one attached hydrogen (secondary N) is 2. The average molecular weight is 539 g/mol. The van der Waals surface area contributed by atoms with Gasteiger partial charge in [-0.1, -0.05) is 30.3 Å². The summed E-state index contributed by atoms with van der Waals surface area (Å²) in [6.07, 6.45) is 3.84. The van der Waals surface area contributed by atoms with Gasteiger partial charge in [-0.25, -0.2) is 17.5 Å². The number of rotatable bonds is 12. The summed E-state index contributed by atoms with van der Waals surface area (Å²) in [5.74, 6) is -0.962. The van der Waals surface area contributed by atoms with E-state index in [1.165, 1.54) is 29.2 Å². The van der Waals surface area contributed by atoms with E-state index in [2.05, 4.69) is 15.0 Å². The second-order valence-corrected chi connectivity index (χ2v) is 11.1. The minimum Gasteiger partial charge on any atom is -0.349 e. The van der Waals surface area contributed by atoms with Crippen LogP contribution in [0.4, 0.5) is 4.39 Å². The van der Waals surface area contributed by atoms with Crippen LogP contribution in [0, 0.1) is 5.82 Å². The fourth-order valence-electron chi connectivity index (χ4n) is 3.92. The second kappa shape index (κ2) is 12.3. The molecule has 1 atom stereocenters. The Hall–Kier alpha value is -3.63. The molecule has 3 aromatic rings. The number of aryl methyl sites for hydroxylation is 1. The highest BCUT2D eigenvalue weighted by molar-refractivity contribution is 7.89. The zero-order valence-electron chi connectivity index (χ0n) is 21.1. The number of nitrogens with zero attached hydrogens (tertiary/aromatic N) is 2. The zero-order chi connectivity index (χ0) is 27.1. The van der Waals surface area contributed by atoms with Crippen LogP contribution in [0.3, 0.4) is 0 Å². The number of halogens is 1. The molecule has 1 aliphatic rings. The SMILES string of the molecule is C[C@H](C(=O)NCc1ccccn1)N(Cc1ccc(F)cc1)C(=O)CCc1ccc(S(=O)(=O)NC2CC2)cc1. The lowest BCUT2D eigenvalue weighted by atomic mass is 10.1. The maximum atomic E-state index is 13.4. The summed E-state index contributed by atoms with van der Waals surface area (Å²) in [5, 5.41) is 2.82. The number of hydrogen-bond acceptors (Lipinski definition) is 5. The molecule has 2 N–H and O–H groups in total. The number of sulfonamides is 1. The van der Waals surface area contributed by atoms with E-state index in [4.69, 9.17) is 0 Å². The zero-order valence-corrected chi connectivity index (χ0v) is 22.0. The Morgan fingerprint density at radius 1 is 1.03 bits per heavy atom. The number of pyridine rings is 1. The maximum Gasteiger partial charge on any atom is 0.242 e. The molecule has 4 rings (SSSR count). The van der Waals surface area contributed by atoms with E-state index >= 15 is 0 Å². The van der Waals surface area contributed by atoms with Crippen LogP contribution in [-0.2, 0) is 39.1 Å². The van der Waals surface area contributed by atoms with Gasteiger partial charge in [-0.3, -0.25) is 14.6 Å². The molecule has 0 spiro atoms. The Morgan fingerprint density at radius 2 is 1.71 bits per heavy atom. The van der Waals surface area contributed by atoms with Gasteiger partial charge in [0.2, 0.25) is 21.8 Å². The van der Waals surface area contributed by atoms with Crippen LogP contribution in [0.15, 0.2) is 77.8 Å². The molecule has 0 unspecified atom stereocenters. The Morgan fingerprint density at radius 3 is 2.34 bits per heavy atom. The first-order valence-electron chi connectivity index (χ1n) is 12.5. The maximum absolute atomic E-state index is 13.4. The van der Waals surface area contributed by atoms with E-state index in [1.54, 1.807) is 49.5 Å². The van der Waals surface area contributed by atoms with Crippen LogP contribution >= 0.6 is 0 Å². The minimum atomic E-state index is -3.54. The summed E-state index contributed by atoms with van der Waals surface area (Å²) >= 11 is 0. The lowest BCUT2D eigenvalue weighted by Crippen LogP contribution is -2.47. The van der Waals surface area contributed by atoms with E-state index in [9.17, 15) is 22.4 Å². The van der Waals surface area contributed by atoms with Crippen molar-refractivity contribution < 1.29 is 22.4 Å². The van der Waals surface area contributed by atoms with Crippen molar-refractivity contribution in [1.82, 2.24) is 19.9 Å². The van der Waals surface area contributed by atoms with Crippen molar-refractivity contribution in [1.29, 1.82) is 0 Å². The average Bonchev–Trinajstić information content (AvgIpc) is 3.74. The highest BCUT2D eigenvalue weighted by Crippen LogP contribution is 2.22. The number of hydrogen-bond donors (Lipinski definition) is 2. The van der Waals surface area contributed by atoms with E-state index < -0.39 is 16.1 Å². The first-order valence-corrected chi connectivity index (χ1v) is 14.0. The van der Waals surface area contributed by atoms with Gasteiger partial charge in [0, 0.05) is 25.2 Å². The van der Waals surface area contributed by atoms with Gasteiger partial charge in [-0.05, 0) is 73.7 Å². The van der Waals surface area contributed by atoms with Crippen LogP contribution < -0.4 is 10.0 Å². The summed E-state index contributed by atoms with van der Waals surface area (Å²) in [7, 11) is -3.54. The highest BCUT2D eigenvalue weighted by Gasteiger charge is 2.28. The lowest BCUT2D eigenvalue weighted by molar-refractivity contribution is -0.140. The van der Waals surface area contributed by atoms with E-state index in [0.717, 1.165) is 18.4 Å². The third-order valence-electron chi connectivity index (χ3n) is 6.36. The molecule has 1 heterocycles. The fourth-order valence-corrected chi connectivity index (χ4v) is 5.22. The van der Waals surface area contributed by atoms with E-state index in [-0.39, 0.29) is 48.1 Å². The monoisotopic (exact) mass is 538 g/mol. The molecule has 1 saturated carbocycles. The van der Waals surface area contributed by atoms with Gasteiger partial charge in [0.25, 0.3) is 0 Å². The number of carbonyl (C=O) groups is 2. The Balaban J connectivity index is 1.41. The van der Waals surface area contributed by atoms with Crippen molar-refractivity contribution in [3.05, 3.63) is 95.6 Å². The molecular formula is C28H31FN4O4S. The lowest BCUT2D eigenvalue weighted by Gasteiger charge is -2.29. The number of benzene rings is 2. The predicted octanol–water partition coefficient (Wildman–Crippen LogP) is 3.33. The van der Waals surface area contributed by atoms with Crippen molar-refractivity contribution >= 4 is 21.8 Å². The fraction of sp³-hybridized carbons (Fsp3) is 0.321. The third-order valence-corrected chi connectivity index (χ3v) is 7.90. The molecule has 2 aromatic carbocycles. The predicted molar refractivity (Wildman–Crippen MR) is 141 cm³/mol. The Kier molecular flexibility index (Phi) is 8.85. The summed E-state index contributed by atoms with van der Waals surface area (Å²) in [6, 6.07) is 16.9. The van der Waals surface area contributed by atoms with Crippen molar-refractivity contribution in [2.45, 2.75) is 62.7 Å². The topological polar surface area (TPSA) is 108 Å². The molecule has 1 fully saturated rings. The molecule has 10 heteroatoms. The van der Waals surface area contributed by atoms with E-state index in [0.29, 0.717) is 17.7 Å². The van der Waals surface area contributed by atoms with Crippen LogP contribution in [-0.4, -0.2) is 42.2 Å². The quantitative estimate of drug-likeness (QED) is 0.368. The number of aromatic nitrogens is 1. The van der Waals surface area contributed by atoms with Gasteiger partial charge in [0.1, 0.15) is 11.9 Å². The normalized spacial score (nSPS) is 14.1. The second-order valence-electron chi connectivity index (χ2n) is 9.40. The summed E-state index contributed by atoms with van der Waals surface area (Å²) < 4.78 is 40.8. The standard InChI is InChI=1S/C28H31FN4O4S/c1-20(28(35)31-18-25-4-2-3-17-30-25)33(19-22-5-10-23(29)11-6-22)27(34)16-9-21-7-14-26(15-8-21)38(36,37)32-24-12-13-24/h2-8,10-11,14-15,17,20,24,32H,9,12-13,16,18-19H2,1H3,(H,31,35)/t20-/m1/s1. The van der Waals surface area contributed by atoms with Crippen molar-refractivity contribution in [3.63, 3.8) is 0 Å². The van der Waals surface area contributed by atoms with Gasteiger partial charge in [0.15, 0.2) is 0 Å². The molecule has 200 valence electrons. The van der Waals surface area contributed by atoms with Gasteiger partial charge >= 0.3 is 0 Å². The van der Waals surface area contributed by atoms with Crippen LogP contribution in [0.5, 0.6) is 0 Å². The molecule has 0 saturated heterocycles. The molecule has 2 amide bonds. The van der Waals surface area contributed by atoms with Gasteiger partial charge in [0.05, 0.1) is 17.1 Å². The Bertz CT molecular complexity index is 1350. The van der Waals surface area contributed by atoms with Crippen molar-refractivity contribution in [2.24, 2.45) is 0 Å². The molecular weight excluding hydrogens is 507 g/mol. The first-order chi connectivity index (χ1) is 18.2.